The topological polar surface area (TPSA) is 61.4 Å². The number of amides is 2. The Bertz CT molecular complexity index is 630. The van der Waals surface area contributed by atoms with Gasteiger partial charge in [0, 0.05) is 6.54 Å². The van der Waals surface area contributed by atoms with Gasteiger partial charge >= 0.3 is 6.03 Å². The molecule has 1 fully saturated rings. The van der Waals surface area contributed by atoms with Gasteiger partial charge < -0.3 is 15.7 Å². The van der Waals surface area contributed by atoms with Crippen LogP contribution in [0.3, 0.4) is 0 Å². The van der Waals surface area contributed by atoms with E-state index < -0.39 is 6.10 Å². The predicted octanol–water partition coefficient (Wildman–Crippen LogP) is 4.02. The van der Waals surface area contributed by atoms with Gasteiger partial charge in [-0.05, 0) is 29.9 Å². The molecular formula is C22H28N2O2. The Morgan fingerprint density at radius 3 is 2.00 bits per heavy atom. The van der Waals surface area contributed by atoms with Gasteiger partial charge in [-0.2, -0.15) is 0 Å². The Morgan fingerprint density at radius 2 is 1.46 bits per heavy atom. The van der Waals surface area contributed by atoms with Gasteiger partial charge in [-0.3, -0.25) is 0 Å². The van der Waals surface area contributed by atoms with E-state index >= 15 is 0 Å². The van der Waals surface area contributed by atoms with E-state index in [4.69, 9.17) is 0 Å². The monoisotopic (exact) mass is 352 g/mol. The molecule has 0 aliphatic heterocycles. The molecule has 0 bridgehead atoms. The minimum absolute atomic E-state index is 0.218. The van der Waals surface area contributed by atoms with E-state index in [1.54, 1.807) is 0 Å². The fraction of sp³-hybridized carbons (Fsp3) is 0.409. The van der Waals surface area contributed by atoms with E-state index in [1.807, 2.05) is 60.7 Å². The quantitative estimate of drug-likeness (QED) is 0.735. The highest BCUT2D eigenvalue weighted by molar-refractivity contribution is 5.75. The van der Waals surface area contributed by atoms with Crippen molar-refractivity contribution >= 4 is 6.03 Å². The number of rotatable bonds is 6. The summed E-state index contributed by atoms with van der Waals surface area (Å²) in [7, 11) is 0. The third kappa shape index (κ3) is 5.09. The maximum Gasteiger partial charge on any atom is 0.315 e. The van der Waals surface area contributed by atoms with Gasteiger partial charge in [-0.1, -0.05) is 79.9 Å². The first kappa shape index (κ1) is 18.5. The SMILES string of the molecule is O=C(NC[C@H](O)C1CCCCC1)NC(c1ccccc1)c1ccccc1. The van der Waals surface area contributed by atoms with Crippen molar-refractivity contribution in [1.82, 2.24) is 10.6 Å². The molecular weight excluding hydrogens is 324 g/mol. The van der Waals surface area contributed by atoms with Crippen LogP contribution in [0.1, 0.15) is 49.3 Å². The van der Waals surface area contributed by atoms with E-state index in [0.717, 1.165) is 24.0 Å². The fourth-order valence-electron chi connectivity index (χ4n) is 3.72. The van der Waals surface area contributed by atoms with Crippen LogP contribution in [0.2, 0.25) is 0 Å². The van der Waals surface area contributed by atoms with Crippen LogP contribution in [0.25, 0.3) is 0 Å². The number of hydrogen-bond donors (Lipinski definition) is 3. The normalized spacial score (nSPS) is 16.2. The number of carbonyl (C=O) groups is 1. The first-order chi connectivity index (χ1) is 12.7. The number of aliphatic hydroxyl groups excluding tert-OH is 1. The fourth-order valence-corrected chi connectivity index (χ4v) is 3.72. The average Bonchev–Trinajstić information content (AvgIpc) is 2.72. The molecule has 0 radical (unpaired) electrons. The molecule has 2 amide bonds. The summed E-state index contributed by atoms with van der Waals surface area (Å²) in [6.07, 6.45) is 5.26. The van der Waals surface area contributed by atoms with Gasteiger partial charge in [0.25, 0.3) is 0 Å². The number of carbonyl (C=O) groups excluding carboxylic acids is 1. The highest BCUT2D eigenvalue weighted by Gasteiger charge is 2.23. The molecule has 0 unspecified atom stereocenters. The van der Waals surface area contributed by atoms with E-state index in [0.29, 0.717) is 12.5 Å². The van der Waals surface area contributed by atoms with Crippen LogP contribution in [0.15, 0.2) is 60.7 Å². The molecule has 26 heavy (non-hydrogen) atoms. The molecule has 2 aromatic carbocycles. The molecule has 0 heterocycles. The predicted molar refractivity (Wildman–Crippen MR) is 104 cm³/mol. The lowest BCUT2D eigenvalue weighted by molar-refractivity contribution is 0.0857. The van der Waals surface area contributed by atoms with Gasteiger partial charge in [-0.15, -0.1) is 0 Å². The van der Waals surface area contributed by atoms with Gasteiger partial charge in [-0.25, -0.2) is 4.79 Å². The molecule has 1 aliphatic rings. The zero-order valence-corrected chi connectivity index (χ0v) is 15.1. The molecule has 4 heteroatoms. The van der Waals surface area contributed by atoms with Crippen molar-refractivity contribution in [3.8, 4) is 0 Å². The lowest BCUT2D eigenvalue weighted by Gasteiger charge is -2.27. The van der Waals surface area contributed by atoms with Crippen LogP contribution in [0.4, 0.5) is 4.79 Å². The summed E-state index contributed by atoms with van der Waals surface area (Å²) in [5.41, 5.74) is 2.06. The number of nitrogens with one attached hydrogen (secondary N) is 2. The summed E-state index contributed by atoms with van der Waals surface area (Å²) in [6.45, 7) is 0.298. The van der Waals surface area contributed by atoms with E-state index in [2.05, 4.69) is 10.6 Å². The number of aliphatic hydroxyl groups is 1. The van der Waals surface area contributed by atoms with Crippen molar-refractivity contribution in [1.29, 1.82) is 0 Å². The maximum atomic E-state index is 12.5. The molecule has 0 saturated heterocycles. The third-order valence-corrected chi connectivity index (χ3v) is 5.21. The standard InChI is InChI=1S/C22H28N2O2/c25-20(17-10-4-1-5-11-17)16-23-22(26)24-21(18-12-6-2-7-13-18)19-14-8-3-9-15-19/h2-3,6-9,12-15,17,20-21,25H,1,4-5,10-11,16H2,(H2,23,24,26)/t20-/m0/s1. The van der Waals surface area contributed by atoms with Crippen LogP contribution in [-0.2, 0) is 0 Å². The first-order valence-electron chi connectivity index (χ1n) is 9.56. The molecule has 2 aromatic rings. The van der Waals surface area contributed by atoms with Crippen molar-refractivity contribution in [3.05, 3.63) is 71.8 Å². The van der Waals surface area contributed by atoms with Crippen molar-refractivity contribution in [2.24, 2.45) is 5.92 Å². The summed E-state index contributed by atoms with van der Waals surface area (Å²) in [4.78, 5) is 12.5. The molecule has 0 spiro atoms. The molecule has 4 nitrogen and oxygen atoms in total. The summed E-state index contributed by atoms with van der Waals surface area (Å²) < 4.78 is 0. The summed E-state index contributed by atoms with van der Waals surface area (Å²) in [5.74, 6) is 0.308. The zero-order valence-electron chi connectivity index (χ0n) is 15.1. The number of benzene rings is 2. The number of hydrogen-bond acceptors (Lipinski definition) is 2. The Kier molecular flexibility index (Phi) is 6.67. The molecule has 3 N–H and O–H groups in total. The lowest BCUT2D eigenvalue weighted by Crippen LogP contribution is -2.43. The highest BCUT2D eigenvalue weighted by Crippen LogP contribution is 2.26. The smallest absolute Gasteiger partial charge is 0.315 e. The van der Waals surface area contributed by atoms with Crippen LogP contribution < -0.4 is 10.6 Å². The molecule has 1 aliphatic carbocycles. The Hall–Kier alpha value is -2.33. The Labute approximate surface area is 155 Å². The molecule has 3 rings (SSSR count). The van der Waals surface area contributed by atoms with Gasteiger partial charge in [0.1, 0.15) is 0 Å². The van der Waals surface area contributed by atoms with Crippen LogP contribution >= 0.6 is 0 Å². The summed E-state index contributed by atoms with van der Waals surface area (Å²) in [6, 6.07) is 19.4. The second-order valence-corrected chi connectivity index (χ2v) is 7.07. The highest BCUT2D eigenvalue weighted by atomic mass is 16.3. The minimum atomic E-state index is -0.465. The van der Waals surface area contributed by atoms with Crippen molar-refractivity contribution in [3.63, 3.8) is 0 Å². The van der Waals surface area contributed by atoms with Gasteiger partial charge in [0.05, 0.1) is 12.1 Å². The lowest BCUT2D eigenvalue weighted by atomic mass is 9.85. The largest absolute Gasteiger partial charge is 0.391 e. The zero-order chi connectivity index (χ0) is 18.2. The molecule has 1 atom stereocenters. The second-order valence-electron chi connectivity index (χ2n) is 7.07. The maximum absolute atomic E-state index is 12.5. The third-order valence-electron chi connectivity index (χ3n) is 5.21. The Morgan fingerprint density at radius 1 is 0.923 bits per heavy atom. The van der Waals surface area contributed by atoms with Gasteiger partial charge in [0.2, 0.25) is 0 Å². The Balaban J connectivity index is 1.60. The average molecular weight is 352 g/mol. The van der Waals surface area contributed by atoms with E-state index in [1.165, 1.54) is 19.3 Å². The summed E-state index contributed by atoms with van der Waals surface area (Å²) in [5, 5.41) is 16.2. The number of urea groups is 1. The van der Waals surface area contributed by atoms with Crippen LogP contribution in [0, 0.1) is 5.92 Å². The first-order valence-corrected chi connectivity index (χ1v) is 9.56. The van der Waals surface area contributed by atoms with E-state index in [-0.39, 0.29) is 12.1 Å². The van der Waals surface area contributed by atoms with Crippen molar-refractivity contribution < 1.29 is 9.90 Å². The molecule has 0 aromatic heterocycles. The van der Waals surface area contributed by atoms with Crippen LogP contribution in [0.5, 0.6) is 0 Å². The van der Waals surface area contributed by atoms with Crippen molar-refractivity contribution in [2.45, 2.75) is 44.2 Å². The second kappa shape index (κ2) is 9.39. The van der Waals surface area contributed by atoms with Crippen molar-refractivity contribution in [2.75, 3.05) is 6.54 Å². The van der Waals surface area contributed by atoms with E-state index in [9.17, 15) is 9.90 Å². The van der Waals surface area contributed by atoms with Gasteiger partial charge in [0.15, 0.2) is 0 Å². The molecule has 138 valence electrons. The molecule has 1 saturated carbocycles. The summed E-state index contributed by atoms with van der Waals surface area (Å²) >= 11 is 0. The van der Waals surface area contributed by atoms with Crippen LogP contribution in [-0.4, -0.2) is 23.8 Å². The minimum Gasteiger partial charge on any atom is -0.391 e.